The second-order valence-corrected chi connectivity index (χ2v) is 8.58. The summed E-state index contributed by atoms with van der Waals surface area (Å²) in [5.41, 5.74) is 10.9. The van der Waals surface area contributed by atoms with Crippen LogP contribution >= 0.6 is 21.6 Å². The fourth-order valence-electron chi connectivity index (χ4n) is 2.17. The van der Waals surface area contributed by atoms with E-state index in [1.54, 1.807) is 17.0 Å². The van der Waals surface area contributed by atoms with Gasteiger partial charge in [-0.25, -0.2) is 5.53 Å². The lowest BCUT2D eigenvalue weighted by Crippen LogP contribution is -2.38. The number of aromatic hydroxyl groups is 1. The molecule has 0 aliphatic carbocycles. The molecule has 0 spiro atoms. The van der Waals surface area contributed by atoms with Crippen LogP contribution in [0.5, 0.6) is 5.75 Å². The van der Waals surface area contributed by atoms with Crippen LogP contribution in [-0.4, -0.2) is 35.8 Å². The summed E-state index contributed by atoms with van der Waals surface area (Å²) in [6.45, 7) is 4.89. The predicted octanol–water partition coefficient (Wildman–Crippen LogP) is 3.28. The molecule has 30 heavy (non-hydrogen) atoms. The van der Waals surface area contributed by atoms with Crippen LogP contribution in [0.2, 0.25) is 0 Å². The molecule has 1 aromatic carbocycles. The summed E-state index contributed by atoms with van der Waals surface area (Å²) in [4.78, 5) is 24.8. The fourth-order valence-corrected chi connectivity index (χ4v) is 3.92. The van der Waals surface area contributed by atoms with Crippen molar-refractivity contribution < 1.29 is 20.4 Å². The van der Waals surface area contributed by atoms with Crippen molar-refractivity contribution in [2.45, 2.75) is 19.3 Å². The Hall–Kier alpha value is -2.56. The summed E-state index contributed by atoms with van der Waals surface area (Å²) < 4.78 is 0. The van der Waals surface area contributed by atoms with Gasteiger partial charge in [-0.1, -0.05) is 34.2 Å². The monoisotopic (exact) mass is 450 g/mol. The van der Waals surface area contributed by atoms with Crippen LogP contribution in [0, 0.1) is 5.53 Å². The minimum absolute atomic E-state index is 0.00176. The third kappa shape index (κ3) is 10.8. The summed E-state index contributed by atoms with van der Waals surface area (Å²) in [5.74, 6) is 0.0962. The number of amides is 2. The average molecular weight is 451 g/mol. The maximum absolute atomic E-state index is 12.0. The third-order valence-electron chi connectivity index (χ3n) is 3.67. The van der Waals surface area contributed by atoms with Crippen LogP contribution in [0.3, 0.4) is 0 Å². The highest BCUT2D eigenvalue weighted by Crippen LogP contribution is 2.30. The molecule has 0 radical (unpaired) electrons. The Kier molecular flexibility index (Phi) is 13.0. The van der Waals surface area contributed by atoms with E-state index in [0.717, 1.165) is 11.3 Å². The van der Waals surface area contributed by atoms with Gasteiger partial charge in [-0.05, 0) is 37.1 Å². The lowest BCUT2D eigenvalue weighted by Gasteiger charge is -2.08. The minimum atomic E-state index is -0.388. The van der Waals surface area contributed by atoms with E-state index in [1.165, 1.54) is 29.0 Å². The van der Waals surface area contributed by atoms with E-state index in [1.807, 2.05) is 18.2 Å². The number of quaternary nitrogens is 1. The largest absolute Gasteiger partial charge is 0.507 e. The molecular formula is C20H28N5O3S2+. The summed E-state index contributed by atoms with van der Waals surface area (Å²) in [7, 11) is 3.12. The number of unbranched alkanes of at least 4 members (excludes halogenated alkanes) is 1. The van der Waals surface area contributed by atoms with E-state index in [9.17, 15) is 14.7 Å². The van der Waals surface area contributed by atoms with Gasteiger partial charge in [0.05, 0.1) is 17.5 Å². The first-order valence-electron chi connectivity index (χ1n) is 9.34. The predicted molar refractivity (Wildman–Crippen MR) is 122 cm³/mol. The van der Waals surface area contributed by atoms with Crippen LogP contribution in [0.25, 0.3) is 0 Å². The molecule has 7 N–H and O–H groups in total. The first-order valence-corrected chi connectivity index (χ1v) is 11.7. The second kappa shape index (κ2) is 15.3. The zero-order valence-electron chi connectivity index (χ0n) is 16.7. The molecule has 1 aromatic rings. The van der Waals surface area contributed by atoms with E-state index >= 15 is 0 Å². The number of hydrogen-bond donors (Lipinski definition) is 5. The topological polar surface area (TPSA) is 142 Å². The molecule has 10 heteroatoms. The molecule has 0 saturated heterocycles. The van der Waals surface area contributed by atoms with Gasteiger partial charge < -0.3 is 21.5 Å². The average Bonchev–Trinajstić information content (AvgIpc) is 2.73. The van der Waals surface area contributed by atoms with Crippen LogP contribution in [-0.2, 0) is 4.79 Å². The highest BCUT2D eigenvalue weighted by Gasteiger charge is 2.11. The Morgan fingerprint density at radius 3 is 2.63 bits per heavy atom. The molecule has 0 aliphatic rings. The second-order valence-electron chi connectivity index (χ2n) is 6.04. The van der Waals surface area contributed by atoms with E-state index < -0.39 is 0 Å². The number of carbonyl (C=O) groups excluding carboxylic acids is 2. The van der Waals surface area contributed by atoms with Crippen LogP contribution in [0.15, 0.2) is 59.2 Å². The van der Waals surface area contributed by atoms with Crippen molar-refractivity contribution >= 4 is 39.1 Å². The van der Waals surface area contributed by atoms with Gasteiger partial charge in [0, 0.05) is 36.2 Å². The van der Waals surface area contributed by atoms with Gasteiger partial charge in [0.25, 0.3) is 5.91 Å². The molecule has 2 amide bonds. The molecule has 0 heterocycles. The van der Waals surface area contributed by atoms with Crippen LogP contribution in [0.4, 0.5) is 5.69 Å². The highest BCUT2D eigenvalue weighted by atomic mass is 33.1. The zero-order valence-corrected chi connectivity index (χ0v) is 18.4. The molecule has 8 nitrogen and oxygen atoms in total. The molecule has 0 aromatic heterocycles. The van der Waals surface area contributed by atoms with Crippen LogP contribution < -0.4 is 16.4 Å². The number of phenolic OH excluding ortho intramolecular Hbond substituents is 1. The van der Waals surface area contributed by atoms with Gasteiger partial charge in [0.2, 0.25) is 5.91 Å². The molecule has 1 rings (SSSR count). The molecular weight excluding hydrogens is 422 g/mol. The van der Waals surface area contributed by atoms with Crippen LogP contribution in [0.1, 0.15) is 29.6 Å². The smallest absolute Gasteiger partial charge is 0.255 e. The maximum Gasteiger partial charge on any atom is 0.255 e. The number of hydrogen-bond acceptors (Lipinski definition) is 7. The van der Waals surface area contributed by atoms with E-state index in [-0.39, 0.29) is 28.8 Å². The zero-order chi connectivity index (χ0) is 22.2. The van der Waals surface area contributed by atoms with Crippen molar-refractivity contribution in [3.63, 3.8) is 0 Å². The normalized spacial score (nSPS) is 11.0. The van der Waals surface area contributed by atoms with E-state index in [0.29, 0.717) is 31.7 Å². The summed E-state index contributed by atoms with van der Waals surface area (Å²) in [6, 6.07) is 4.18. The molecule has 0 saturated carbocycles. The van der Waals surface area contributed by atoms with Crippen molar-refractivity contribution in [1.29, 1.82) is 5.53 Å². The number of phenols is 1. The number of rotatable bonds is 14. The minimum Gasteiger partial charge on any atom is -0.507 e. The summed E-state index contributed by atoms with van der Waals surface area (Å²) in [5, 5.41) is 18.6. The van der Waals surface area contributed by atoms with Gasteiger partial charge in [0.15, 0.2) is 0 Å². The Labute approximate surface area is 184 Å². The molecule has 0 bridgehead atoms. The first kappa shape index (κ1) is 25.5. The Bertz CT molecular complexity index is 797. The SMILES string of the molecule is C=C(/C=C\C=C/[NH3+])SSCCC(=O)NCCCCNC(=O)c1ccc(N=N)cc1O. The lowest BCUT2D eigenvalue weighted by molar-refractivity contribution is -0.274. The van der Waals surface area contributed by atoms with Gasteiger partial charge in [-0.3, -0.25) is 9.59 Å². The number of nitrogens with zero attached hydrogens (tertiary/aromatic N) is 1. The van der Waals surface area contributed by atoms with Gasteiger partial charge in [-0.2, -0.15) is 5.11 Å². The van der Waals surface area contributed by atoms with Crippen molar-refractivity contribution in [3.05, 3.63) is 59.7 Å². The molecule has 0 atom stereocenters. The molecule has 0 unspecified atom stereocenters. The fraction of sp³-hybridized carbons (Fsp3) is 0.300. The van der Waals surface area contributed by atoms with E-state index in [2.05, 4.69) is 28.1 Å². The Morgan fingerprint density at radius 2 is 1.97 bits per heavy atom. The summed E-state index contributed by atoms with van der Waals surface area (Å²) >= 11 is 0. The van der Waals surface area contributed by atoms with Gasteiger partial charge in [-0.15, -0.1) is 0 Å². The van der Waals surface area contributed by atoms with Gasteiger partial charge >= 0.3 is 0 Å². The highest BCUT2D eigenvalue weighted by molar-refractivity contribution is 8.78. The number of nitrogens with one attached hydrogen (secondary N) is 3. The maximum atomic E-state index is 12.0. The standard InChI is InChI=1S/C20H27N5O3S2/c1-15(6-2-3-10-21)30-29-13-9-19(27)23-11-4-5-12-24-20(28)17-8-7-16(25-22)14-18(17)26/h2-3,6-8,10,14,22,26H,1,4-5,9,11-13,21H2,(H,23,27)(H,24,28)/p+1/b6-2-,10-3-,25-22?. The van der Waals surface area contributed by atoms with Crippen molar-refractivity contribution in [1.82, 2.24) is 10.6 Å². The van der Waals surface area contributed by atoms with Gasteiger partial charge in [0.1, 0.15) is 5.75 Å². The number of benzene rings is 1. The quantitative estimate of drug-likeness (QED) is 0.128. The Morgan fingerprint density at radius 1 is 1.23 bits per heavy atom. The molecule has 0 fully saturated rings. The summed E-state index contributed by atoms with van der Waals surface area (Å²) in [6.07, 6.45) is 9.15. The Balaban J connectivity index is 2.09. The van der Waals surface area contributed by atoms with Crippen molar-refractivity contribution in [2.24, 2.45) is 5.11 Å². The number of carbonyl (C=O) groups is 2. The van der Waals surface area contributed by atoms with Crippen molar-refractivity contribution in [2.75, 3.05) is 18.8 Å². The first-order chi connectivity index (χ1) is 14.5. The molecule has 162 valence electrons. The number of allylic oxidation sites excluding steroid dienone is 3. The third-order valence-corrected chi connectivity index (χ3v) is 6.01. The molecule has 0 aliphatic heterocycles. The lowest BCUT2D eigenvalue weighted by atomic mass is 10.1. The van der Waals surface area contributed by atoms with E-state index in [4.69, 9.17) is 5.53 Å². The van der Waals surface area contributed by atoms with Crippen molar-refractivity contribution in [3.8, 4) is 5.75 Å².